The number of carboxylic acids is 1. The first-order chi connectivity index (χ1) is 5.92. The van der Waals surface area contributed by atoms with Gasteiger partial charge in [0.15, 0.2) is 6.15 Å². The van der Waals surface area contributed by atoms with Gasteiger partial charge in [-0.25, -0.2) is 9.18 Å². The van der Waals surface area contributed by atoms with Crippen LogP contribution >= 0.6 is 0 Å². The Bertz CT molecular complexity index is 174. The maximum atomic E-state index is 12.9. The Morgan fingerprint density at radius 3 is 2.82 bits per heavy atom. The summed E-state index contributed by atoms with van der Waals surface area (Å²) in [6.07, 6.45) is -2.16. The molecule has 0 aliphatic heterocycles. The lowest BCUT2D eigenvalue weighted by molar-refractivity contribution is -0.143. The predicted molar refractivity (Wildman–Crippen MR) is 41.3 cm³/mol. The molecule has 11 heavy (non-hydrogen) atoms. The molecule has 0 saturated carbocycles. The molecule has 1 N–H and O–H groups in total. The van der Waals surface area contributed by atoms with Crippen molar-refractivity contribution in [2.45, 2.75) is 45.2 Å². The molecule has 0 aliphatic rings. The minimum absolute atomic E-state index is 0.125. The number of hydrogen-bond donors (Lipinski definition) is 1. The zero-order chi connectivity index (χ0) is 10.5. The van der Waals surface area contributed by atoms with Gasteiger partial charge in [-0.15, -0.1) is 0 Å². The summed E-state index contributed by atoms with van der Waals surface area (Å²) in [6, 6.07) is 0. The Hall–Kier alpha value is -0.600. The van der Waals surface area contributed by atoms with Gasteiger partial charge in [0.1, 0.15) is 0 Å². The first-order valence-electron chi connectivity index (χ1n) is 4.85. The molecule has 2 atom stereocenters. The summed E-state index contributed by atoms with van der Waals surface area (Å²) in [5.41, 5.74) is 0. The number of alkyl halides is 1. The molecular weight excluding hydrogens is 147 g/mol. The maximum absolute atomic E-state index is 12.9. The van der Waals surface area contributed by atoms with Gasteiger partial charge in [0.2, 0.25) is 0 Å². The van der Waals surface area contributed by atoms with E-state index in [-0.39, 0.29) is 6.42 Å². The Balaban J connectivity index is 3.94. The number of carbonyl (C=O) groups is 1. The van der Waals surface area contributed by atoms with Crippen LogP contribution in [0, 0.1) is 0 Å². The van der Waals surface area contributed by atoms with Crippen LogP contribution in [0.2, 0.25) is 0 Å². The van der Waals surface area contributed by atoms with E-state index in [1.807, 2.05) is 6.92 Å². The Kier molecular flexibility index (Phi) is 3.94. The molecule has 3 heteroatoms. The Morgan fingerprint density at radius 2 is 2.36 bits per heavy atom. The van der Waals surface area contributed by atoms with Gasteiger partial charge in [-0.1, -0.05) is 26.2 Å². The van der Waals surface area contributed by atoms with E-state index in [1.54, 1.807) is 0 Å². The van der Waals surface area contributed by atoms with Crippen LogP contribution in [-0.2, 0) is 4.79 Å². The average molecular weight is 164 g/mol. The molecule has 2 nitrogen and oxygen atoms in total. The third-order valence-electron chi connectivity index (χ3n) is 1.34. The highest BCUT2D eigenvalue weighted by Gasteiger charge is 2.13. The van der Waals surface area contributed by atoms with Crippen molar-refractivity contribution in [3.05, 3.63) is 0 Å². The topological polar surface area (TPSA) is 37.3 Å². The molecule has 0 bridgehead atoms. The number of rotatable bonds is 6. The predicted octanol–water partition coefficient (Wildman–Crippen LogP) is 2.38. The molecule has 0 amide bonds. The molecule has 0 aromatic carbocycles. The van der Waals surface area contributed by atoms with Gasteiger partial charge in [-0.05, 0) is 12.8 Å². The highest BCUT2D eigenvalue weighted by atomic mass is 19.1. The summed E-state index contributed by atoms with van der Waals surface area (Å²) < 4.78 is 26.8. The van der Waals surface area contributed by atoms with Gasteiger partial charge in [-0.3, -0.25) is 0 Å². The number of aliphatic carboxylic acids is 1. The van der Waals surface area contributed by atoms with Crippen LogP contribution in [0.1, 0.15) is 41.7 Å². The summed E-state index contributed by atoms with van der Waals surface area (Å²) in [7, 11) is 0. The lowest BCUT2D eigenvalue weighted by Gasteiger charge is -2.01. The molecule has 0 radical (unpaired) electrons. The number of halogens is 1. The lowest BCUT2D eigenvalue weighted by Crippen LogP contribution is -2.13. The number of carboxylic acid groups (broad SMARTS) is 1. The maximum Gasteiger partial charge on any atom is 0.338 e. The van der Waals surface area contributed by atoms with E-state index in [2.05, 4.69) is 0 Å². The molecule has 0 aliphatic carbocycles. The first kappa shape index (κ1) is 7.07. The van der Waals surface area contributed by atoms with Gasteiger partial charge in [0.25, 0.3) is 0 Å². The highest BCUT2D eigenvalue weighted by Crippen LogP contribution is 2.07. The van der Waals surface area contributed by atoms with Gasteiger partial charge in [0.05, 0.1) is 1.37 Å². The van der Waals surface area contributed by atoms with Crippen molar-refractivity contribution in [3.63, 3.8) is 0 Å². The Labute approximate surface area is 69.2 Å². The van der Waals surface area contributed by atoms with E-state index in [9.17, 15) is 9.18 Å². The zero-order valence-corrected chi connectivity index (χ0v) is 6.64. The second-order valence-corrected chi connectivity index (χ2v) is 2.35. The fraction of sp³-hybridized carbons (Fsp3) is 0.875. The molecule has 0 heterocycles. The number of hydrogen-bond acceptors (Lipinski definition) is 1. The quantitative estimate of drug-likeness (QED) is 0.612. The van der Waals surface area contributed by atoms with E-state index in [1.165, 1.54) is 0 Å². The summed E-state index contributed by atoms with van der Waals surface area (Å²) >= 11 is 0. The minimum atomic E-state index is -3.16. The van der Waals surface area contributed by atoms with Crippen molar-refractivity contribution in [3.8, 4) is 0 Å². The van der Waals surface area contributed by atoms with Crippen LogP contribution < -0.4 is 0 Å². The van der Waals surface area contributed by atoms with Crippen LogP contribution in [0.25, 0.3) is 0 Å². The van der Waals surface area contributed by atoms with Gasteiger partial charge < -0.3 is 5.11 Å². The molecule has 2 unspecified atom stereocenters. The normalized spacial score (nSPS) is 21.3. The summed E-state index contributed by atoms with van der Waals surface area (Å²) in [5.74, 6) is -1.87. The van der Waals surface area contributed by atoms with E-state index < -0.39 is 18.5 Å². The standard InChI is InChI=1S/C8H15FO2/c1-2-3-4-5-6-7(9)8(10)11/h7H,2-6H2,1H3,(H,10,11)/i6D,7D. The molecule has 0 saturated heterocycles. The average Bonchev–Trinajstić information content (AvgIpc) is 2.04. The van der Waals surface area contributed by atoms with E-state index >= 15 is 0 Å². The van der Waals surface area contributed by atoms with Crippen molar-refractivity contribution < 1.29 is 17.0 Å². The second kappa shape index (κ2) is 6.13. The fourth-order valence-electron chi connectivity index (χ4n) is 0.710. The van der Waals surface area contributed by atoms with Crippen LogP contribution in [0.4, 0.5) is 4.39 Å². The molecule has 0 spiro atoms. The van der Waals surface area contributed by atoms with Crippen LogP contribution in [0.15, 0.2) is 0 Å². The van der Waals surface area contributed by atoms with E-state index in [0.717, 1.165) is 12.8 Å². The summed E-state index contributed by atoms with van der Waals surface area (Å²) in [6.45, 7) is 1.96. The third kappa shape index (κ3) is 5.83. The van der Waals surface area contributed by atoms with Crippen molar-refractivity contribution in [2.75, 3.05) is 0 Å². The highest BCUT2D eigenvalue weighted by molar-refractivity contribution is 5.71. The zero-order valence-electron chi connectivity index (χ0n) is 8.64. The monoisotopic (exact) mass is 164 g/mol. The molecular formula is C8H15FO2. The molecule has 66 valence electrons. The van der Waals surface area contributed by atoms with Crippen LogP contribution in [0.5, 0.6) is 0 Å². The minimum Gasteiger partial charge on any atom is -0.479 e. The van der Waals surface area contributed by atoms with Crippen molar-refractivity contribution in [2.24, 2.45) is 0 Å². The first-order valence-corrected chi connectivity index (χ1v) is 3.77. The smallest absolute Gasteiger partial charge is 0.338 e. The van der Waals surface area contributed by atoms with Crippen LogP contribution in [0.3, 0.4) is 0 Å². The SMILES string of the molecule is [2H]C(CCCCC)C([2H])(F)C(=O)O. The van der Waals surface area contributed by atoms with Crippen molar-refractivity contribution in [1.82, 2.24) is 0 Å². The van der Waals surface area contributed by atoms with E-state index in [4.69, 9.17) is 7.85 Å². The molecule has 0 rings (SSSR count). The van der Waals surface area contributed by atoms with Gasteiger partial charge in [0, 0.05) is 1.37 Å². The van der Waals surface area contributed by atoms with Crippen LogP contribution in [-0.4, -0.2) is 17.2 Å². The van der Waals surface area contributed by atoms with Gasteiger partial charge >= 0.3 is 5.97 Å². The van der Waals surface area contributed by atoms with Crippen molar-refractivity contribution in [1.29, 1.82) is 0 Å². The molecule has 0 aromatic rings. The van der Waals surface area contributed by atoms with E-state index in [0.29, 0.717) is 6.42 Å². The lowest BCUT2D eigenvalue weighted by atomic mass is 10.1. The van der Waals surface area contributed by atoms with Gasteiger partial charge in [-0.2, -0.15) is 0 Å². The third-order valence-corrected chi connectivity index (χ3v) is 1.34. The summed E-state index contributed by atoms with van der Waals surface area (Å²) in [4.78, 5) is 10.2. The number of unbranched alkanes of at least 4 members (excludes halogenated alkanes) is 2. The Morgan fingerprint density at radius 1 is 1.73 bits per heavy atom. The molecule has 0 fully saturated rings. The largest absolute Gasteiger partial charge is 0.479 e. The van der Waals surface area contributed by atoms with Crippen molar-refractivity contribution >= 4 is 5.97 Å². The second-order valence-electron chi connectivity index (χ2n) is 2.35. The summed E-state index contributed by atoms with van der Waals surface area (Å²) in [5, 5.41) is 8.29. The molecule has 0 aromatic heterocycles. The fourth-order valence-corrected chi connectivity index (χ4v) is 0.710.